The Labute approximate surface area is 80.7 Å². The van der Waals surface area contributed by atoms with Crippen LogP contribution in [0.3, 0.4) is 0 Å². The first kappa shape index (κ1) is 9.85. The Morgan fingerprint density at radius 3 is 3.15 bits per heavy atom. The minimum atomic E-state index is -0.170. The zero-order chi connectivity index (χ0) is 9.68. The predicted molar refractivity (Wildman–Crippen MR) is 52.9 cm³/mol. The van der Waals surface area contributed by atoms with Crippen LogP contribution in [0.4, 0.5) is 0 Å². The Morgan fingerprint density at radius 1 is 1.85 bits per heavy atom. The molecule has 1 rings (SSSR count). The zero-order valence-corrected chi connectivity index (χ0v) is 8.39. The number of hydrazone groups is 1. The van der Waals surface area contributed by atoms with Crippen molar-refractivity contribution in [2.75, 3.05) is 0 Å². The van der Waals surface area contributed by atoms with E-state index in [1.165, 1.54) is 6.92 Å². The van der Waals surface area contributed by atoms with Crippen LogP contribution in [0.15, 0.2) is 11.3 Å². The lowest BCUT2D eigenvalue weighted by Crippen LogP contribution is -2.11. The molecule has 1 aromatic heterocycles. The Hall–Kier alpha value is -1.23. The first-order valence-corrected chi connectivity index (χ1v) is 4.78. The van der Waals surface area contributed by atoms with E-state index >= 15 is 0 Å². The molecule has 0 unspecified atom stereocenters. The van der Waals surface area contributed by atoms with E-state index in [4.69, 9.17) is 0 Å². The summed E-state index contributed by atoms with van der Waals surface area (Å²) in [5.41, 5.74) is 2.33. The van der Waals surface area contributed by atoms with Gasteiger partial charge in [-0.1, -0.05) is 6.92 Å². The summed E-state index contributed by atoms with van der Waals surface area (Å²) in [6.07, 6.45) is 4.27. The van der Waals surface area contributed by atoms with Crippen LogP contribution in [0.1, 0.15) is 23.7 Å². The first-order valence-electron chi connectivity index (χ1n) is 3.96. The van der Waals surface area contributed by atoms with Crippen molar-refractivity contribution in [3.05, 3.63) is 16.1 Å². The van der Waals surface area contributed by atoms with Gasteiger partial charge in [-0.2, -0.15) is 5.10 Å². The molecule has 0 fully saturated rings. The summed E-state index contributed by atoms with van der Waals surface area (Å²) in [5, 5.41) is 4.81. The van der Waals surface area contributed by atoms with Crippen LogP contribution < -0.4 is 5.43 Å². The van der Waals surface area contributed by atoms with Crippen LogP contribution in [0.25, 0.3) is 0 Å². The van der Waals surface area contributed by atoms with Gasteiger partial charge in [0.05, 0.1) is 16.1 Å². The molecule has 0 aliphatic carbocycles. The quantitative estimate of drug-likeness (QED) is 0.584. The van der Waals surface area contributed by atoms with E-state index in [-0.39, 0.29) is 5.91 Å². The van der Waals surface area contributed by atoms with Crippen molar-refractivity contribution < 1.29 is 4.79 Å². The summed E-state index contributed by atoms with van der Waals surface area (Å²) < 4.78 is 0. The maximum atomic E-state index is 10.5. The lowest BCUT2D eigenvalue weighted by Gasteiger charge is -1.87. The smallest absolute Gasteiger partial charge is 0.236 e. The van der Waals surface area contributed by atoms with Crippen molar-refractivity contribution in [3.8, 4) is 0 Å². The number of hydrogen-bond donors (Lipinski definition) is 1. The average Bonchev–Trinajstić information content (AvgIpc) is 2.52. The maximum absolute atomic E-state index is 10.5. The summed E-state index contributed by atoms with van der Waals surface area (Å²) in [6, 6.07) is 0. The van der Waals surface area contributed by atoms with Gasteiger partial charge in [0.25, 0.3) is 0 Å². The number of carbonyl (C=O) groups excluding carboxylic acids is 1. The van der Waals surface area contributed by atoms with Gasteiger partial charge < -0.3 is 0 Å². The summed E-state index contributed by atoms with van der Waals surface area (Å²) >= 11 is 1.57. The van der Waals surface area contributed by atoms with E-state index in [1.807, 2.05) is 6.92 Å². The number of nitrogens with zero attached hydrogens (tertiary/aromatic N) is 2. The van der Waals surface area contributed by atoms with Crippen molar-refractivity contribution in [1.29, 1.82) is 0 Å². The van der Waals surface area contributed by atoms with E-state index in [0.29, 0.717) is 0 Å². The number of hydrogen-bond acceptors (Lipinski definition) is 4. The monoisotopic (exact) mass is 197 g/mol. The van der Waals surface area contributed by atoms with Crippen molar-refractivity contribution in [1.82, 2.24) is 10.4 Å². The summed E-state index contributed by atoms with van der Waals surface area (Å²) in [4.78, 5) is 15.6. The third-order valence-electron chi connectivity index (χ3n) is 1.29. The number of amides is 1. The Morgan fingerprint density at radius 2 is 2.62 bits per heavy atom. The number of carbonyl (C=O) groups is 1. The minimum absolute atomic E-state index is 0.170. The zero-order valence-electron chi connectivity index (χ0n) is 7.57. The van der Waals surface area contributed by atoms with Gasteiger partial charge in [0, 0.05) is 13.1 Å². The van der Waals surface area contributed by atoms with Crippen LogP contribution in [-0.4, -0.2) is 17.1 Å². The van der Waals surface area contributed by atoms with Crippen LogP contribution in [0.5, 0.6) is 0 Å². The molecule has 0 aromatic carbocycles. The summed E-state index contributed by atoms with van der Waals surface area (Å²) in [7, 11) is 0. The molecule has 1 amide bonds. The molecule has 70 valence electrons. The molecule has 0 atom stereocenters. The Balaban J connectivity index is 2.53. The maximum Gasteiger partial charge on any atom is 0.236 e. The van der Waals surface area contributed by atoms with Gasteiger partial charge in [-0.25, -0.2) is 10.4 Å². The van der Waals surface area contributed by atoms with Crippen molar-refractivity contribution >= 4 is 23.5 Å². The van der Waals surface area contributed by atoms with Gasteiger partial charge in [0.1, 0.15) is 0 Å². The molecule has 0 saturated carbocycles. The average molecular weight is 197 g/mol. The van der Waals surface area contributed by atoms with Crippen molar-refractivity contribution in [2.45, 2.75) is 20.3 Å². The standard InChI is InChI=1S/C8H11N3OS/c1-3-8-9-4-7(13-8)5-10-11-6(2)12/h4-5H,3H2,1-2H3,(H,11,12)/b10-5+. The van der Waals surface area contributed by atoms with E-state index < -0.39 is 0 Å². The highest BCUT2D eigenvalue weighted by Gasteiger charge is 1.96. The number of thiazole rings is 1. The summed E-state index contributed by atoms with van der Waals surface area (Å²) in [6.45, 7) is 3.47. The summed E-state index contributed by atoms with van der Waals surface area (Å²) in [5.74, 6) is -0.170. The molecule has 0 radical (unpaired) electrons. The fourth-order valence-electron chi connectivity index (χ4n) is 0.734. The molecule has 13 heavy (non-hydrogen) atoms. The highest BCUT2D eigenvalue weighted by molar-refractivity contribution is 7.13. The van der Waals surface area contributed by atoms with Gasteiger partial charge in [-0.05, 0) is 6.42 Å². The lowest BCUT2D eigenvalue weighted by molar-refractivity contribution is -0.118. The second kappa shape index (κ2) is 4.71. The third-order valence-corrected chi connectivity index (χ3v) is 2.36. The number of nitrogens with one attached hydrogen (secondary N) is 1. The third kappa shape index (κ3) is 3.33. The molecule has 1 heterocycles. The van der Waals surface area contributed by atoms with E-state index in [2.05, 4.69) is 15.5 Å². The first-order chi connectivity index (χ1) is 6.22. The Bertz CT molecular complexity index is 319. The molecule has 1 aromatic rings. The molecule has 0 aliphatic heterocycles. The van der Waals surface area contributed by atoms with Crippen LogP contribution in [0, 0.1) is 0 Å². The van der Waals surface area contributed by atoms with Crippen molar-refractivity contribution in [2.24, 2.45) is 5.10 Å². The second-order valence-electron chi connectivity index (χ2n) is 2.44. The molecule has 0 aliphatic rings. The number of aromatic nitrogens is 1. The number of rotatable bonds is 3. The van der Waals surface area contributed by atoms with Crippen LogP contribution >= 0.6 is 11.3 Å². The molecular weight excluding hydrogens is 186 g/mol. The lowest BCUT2D eigenvalue weighted by atomic mass is 10.5. The molecule has 1 N–H and O–H groups in total. The Kier molecular flexibility index (Phi) is 3.57. The van der Waals surface area contributed by atoms with Crippen LogP contribution in [-0.2, 0) is 11.2 Å². The van der Waals surface area contributed by atoms with E-state index in [1.54, 1.807) is 23.7 Å². The van der Waals surface area contributed by atoms with Gasteiger partial charge in [0.15, 0.2) is 0 Å². The van der Waals surface area contributed by atoms with Crippen molar-refractivity contribution in [3.63, 3.8) is 0 Å². The van der Waals surface area contributed by atoms with Gasteiger partial charge in [0.2, 0.25) is 5.91 Å². The highest BCUT2D eigenvalue weighted by atomic mass is 32.1. The number of aryl methyl sites for hydroxylation is 1. The predicted octanol–water partition coefficient (Wildman–Crippen LogP) is 1.18. The van der Waals surface area contributed by atoms with Gasteiger partial charge in [-0.15, -0.1) is 11.3 Å². The fourth-order valence-corrected chi connectivity index (χ4v) is 1.47. The van der Waals surface area contributed by atoms with E-state index in [9.17, 15) is 4.79 Å². The molecule has 0 bridgehead atoms. The SMILES string of the molecule is CCc1ncc(/C=N/NC(C)=O)s1. The molecule has 0 saturated heterocycles. The highest BCUT2D eigenvalue weighted by Crippen LogP contribution is 2.10. The normalized spacial score (nSPS) is 10.6. The molecule has 0 spiro atoms. The molecular formula is C8H11N3OS. The molecule has 4 nitrogen and oxygen atoms in total. The fraction of sp³-hybridized carbons (Fsp3) is 0.375. The minimum Gasteiger partial charge on any atom is -0.274 e. The van der Waals surface area contributed by atoms with Gasteiger partial charge >= 0.3 is 0 Å². The van der Waals surface area contributed by atoms with Gasteiger partial charge in [-0.3, -0.25) is 4.79 Å². The largest absolute Gasteiger partial charge is 0.274 e. The molecule has 5 heteroatoms. The van der Waals surface area contributed by atoms with Crippen LogP contribution in [0.2, 0.25) is 0 Å². The second-order valence-corrected chi connectivity index (χ2v) is 3.58. The van der Waals surface area contributed by atoms with E-state index in [0.717, 1.165) is 16.3 Å². The topological polar surface area (TPSA) is 54.4 Å².